The summed E-state index contributed by atoms with van der Waals surface area (Å²) in [5.74, 6) is 0. The fourth-order valence-electron chi connectivity index (χ4n) is 8.25. The molecular weight excluding hydrogens is 637 g/mol. The maximum atomic E-state index is 2.49. The zero-order valence-electron chi connectivity index (χ0n) is 27.6. The van der Waals surface area contributed by atoms with Crippen molar-refractivity contribution in [3.8, 4) is 33.6 Å². The maximum Gasteiger partial charge on any atom is 0.0634 e. The second-order valence-corrected chi connectivity index (χ2v) is 14.4. The molecule has 0 saturated carbocycles. The lowest BCUT2D eigenvalue weighted by molar-refractivity contribution is 1.18. The van der Waals surface area contributed by atoms with Crippen LogP contribution < -0.4 is 0 Å². The van der Waals surface area contributed by atoms with E-state index in [0.29, 0.717) is 0 Å². The highest BCUT2D eigenvalue weighted by molar-refractivity contribution is 7.27. The third-order valence-electron chi connectivity index (χ3n) is 10.5. The van der Waals surface area contributed by atoms with Crippen LogP contribution in [0.2, 0.25) is 0 Å². The quantitative estimate of drug-likeness (QED) is 0.177. The number of rotatable bonds is 4. The van der Waals surface area contributed by atoms with Crippen molar-refractivity contribution < 1.29 is 0 Å². The highest BCUT2D eigenvalue weighted by Gasteiger charge is 2.22. The van der Waals surface area contributed by atoms with Gasteiger partial charge in [0, 0.05) is 53.1 Å². The molecule has 0 aliphatic rings. The molecule has 0 saturated heterocycles. The van der Waals surface area contributed by atoms with Gasteiger partial charge in [-0.1, -0.05) is 121 Å². The second kappa shape index (κ2) is 11.0. The van der Waals surface area contributed by atoms with Crippen molar-refractivity contribution >= 4 is 75.1 Å². The highest BCUT2D eigenvalue weighted by Crippen LogP contribution is 2.48. The Bertz CT molecular complexity index is 3100. The molecule has 0 bridgehead atoms. The van der Waals surface area contributed by atoms with Gasteiger partial charge in [-0.2, -0.15) is 0 Å². The first kappa shape index (κ1) is 28.4. The Balaban J connectivity index is 1.28. The summed E-state index contributed by atoms with van der Waals surface area (Å²) in [6, 6.07) is 66.4. The van der Waals surface area contributed by atoms with Gasteiger partial charge >= 0.3 is 0 Å². The molecule has 0 N–H and O–H groups in total. The number of hydrogen-bond acceptors (Lipinski definition) is 1. The summed E-state index contributed by atoms with van der Waals surface area (Å²) in [6.07, 6.45) is 0. The molecule has 11 aromatic rings. The molecule has 0 aliphatic heterocycles. The fourth-order valence-corrected chi connectivity index (χ4v) is 9.51. The number of nitrogens with zero attached hydrogens (tertiary/aromatic N) is 2. The van der Waals surface area contributed by atoms with Gasteiger partial charge in [-0.25, -0.2) is 0 Å². The van der Waals surface area contributed by atoms with Crippen LogP contribution in [0.1, 0.15) is 0 Å². The zero-order chi connectivity index (χ0) is 33.5. The second-order valence-electron chi connectivity index (χ2n) is 13.3. The standard InChI is InChI=1S/C48H30N2S/c1-5-13-31(14-6-1)33-21-25-41-39(29-33)37-24-28-44-46(47(37)50(41)36-19-11-4-12-20-36)38-23-27-43-45(48(38)51-44)40-30-34(32-15-7-2-8-16-32)22-26-42(40)49(43)35-17-9-3-10-18-35/h1-30H. The Morgan fingerprint density at radius 1 is 0.333 bits per heavy atom. The van der Waals surface area contributed by atoms with Gasteiger partial charge in [-0.05, 0) is 82.9 Å². The molecule has 0 fully saturated rings. The summed E-state index contributed by atoms with van der Waals surface area (Å²) in [4.78, 5) is 0. The van der Waals surface area contributed by atoms with E-state index < -0.39 is 0 Å². The van der Waals surface area contributed by atoms with Crippen molar-refractivity contribution in [2.45, 2.75) is 0 Å². The van der Waals surface area contributed by atoms with E-state index in [-0.39, 0.29) is 0 Å². The molecule has 2 nitrogen and oxygen atoms in total. The van der Waals surface area contributed by atoms with Crippen LogP contribution in [0.3, 0.4) is 0 Å². The molecule has 0 atom stereocenters. The summed E-state index contributed by atoms with van der Waals surface area (Å²) < 4.78 is 7.55. The third-order valence-corrected chi connectivity index (χ3v) is 11.7. The predicted octanol–water partition coefficient (Wildman–Crippen LogP) is 13.6. The average Bonchev–Trinajstić information content (AvgIpc) is 3.86. The van der Waals surface area contributed by atoms with Gasteiger partial charge in [0.1, 0.15) is 0 Å². The minimum Gasteiger partial charge on any atom is -0.309 e. The van der Waals surface area contributed by atoms with Crippen LogP contribution >= 0.6 is 11.3 Å². The topological polar surface area (TPSA) is 9.86 Å². The van der Waals surface area contributed by atoms with E-state index in [1.807, 2.05) is 11.3 Å². The van der Waals surface area contributed by atoms with Crippen LogP contribution in [0.15, 0.2) is 182 Å². The number of para-hydroxylation sites is 2. The maximum absolute atomic E-state index is 2.49. The monoisotopic (exact) mass is 666 g/mol. The molecule has 3 aromatic heterocycles. The Hall–Kier alpha value is -6.42. The highest BCUT2D eigenvalue weighted by atomic mass is 32.1. The van der Waals surface area contributed by atoms with Crippen molar-refractivity contribution in [2.75, 3.05) is 0 Å². The summed E-state index contributed by atoms with van der Waals surface area (Å²) in [5.41, 5.74) is 12.2. The van der Waals surface area contributed by atoms with Gasteiger partial charge < -0.3 is 9.13 Å². The van der Waals surface area contributed by atoms with Crippen LogP contribution in [-0.4, -0.2) is 9.13 Å². The number of hydrogen-bond donors (Lipinski definition) is 0. The Labute approximate surface area is 298 Å². The van der Waals surface area contributed by atoms with E-state index in [1.165, 1.54) is 97.4 Å². The SMILES string of the molecule is c1ccc(-c2ccc3c(c2)c2c4sc5ccc6c7cc(-c8ccccc8)ccc7n(-c7ccccc7)c6c5c4ccc2n3-c2ccccc2)cc1. The third kappa shape index (κ3) is 4.22. The van der Waals surface area contributed by atoms with Crippen LogP contribution in [0.4, 0.5) is 0 Å². The Morgan fingerprint density at radius 2 is 0.843 bits per heavy atom. The molecule has 0 unspecified atom stereocenters. The smallest absolute Gasteiger partial charge is 0.0634 e. The largest absolute Gasteiger partial charge is 0.309 e. The summed E-state index contributed by atoms with van der Waals surface area (Å²) in [5, 5.41) is 7.75. The van der Waals surface area contributed by atoms with Crippen LogP contribution in [0, 0.1) is 0 Å². The van der Waals surface area contributed by atoms with Crippen molar-refractivity contribution in [3.63, 3.8) is 0 Å². The summed E-state index contributed by atoms with van der Waals surface area (Å²) >= 11 is 1.92. The van der Waals surface area contributed by atoms with E-state index in [2.05, 4.69) is 191 Å². The van der Waals surface area contributed by atoms with Crippen molar-refractivity contribution in [2.24, 2.45) is 0 Å². The van der Waals surface area contributed by atoms with E-state index in [4.69, 9.17) is 0 Å². The number of fused-ring (bicyclic) bond motifs is 11. The number of aromatic nitrogens is 2. The minimum absolute atomic E-state index is 1.17. The van der Waals surface area contributed by atoms with Crippen LogP contribution in [0.5, 0.6) is 0 Å². The summed E-state index contributed by atoms with van der Waals surface area (Å²) in [6.45, 7) is 0. The molecule has 238 valence electrons. The lowest BCUT2D eigenvalue weighted by Gasteiger charge is -2.09. The van der Waals surface area contributed by atoms with Crippen molar-refractivity contribution in [3.05, 3.63) is 182 Å². The first-order valence-corrected chi connectivity index (χ1v) is 18.3. The molecule has 0 radical (unpaired) electrons. The van der Waals surface area contributed by atoms with Gasteiger partial charge in [0.2, 0.25) is 0 Å². The van der Waals surface area contributed by atoms with Crippen molar-refractivity contribution in [1.82, 2.24) is 9.13 Å². The van der Waals surface area contributed by atoms with Crippen LogP contribution in [0.25, 0.3) is 97.4 Å². The van der Waals surface area contributed by atoms with E-state index >= 15 is 0 Å². The Morgan fingerprint density at radius 3 is 1.47 bits per heavy atom. The molecule has 3 heterocycles. The van der Waals surface area contributed by atoms with Crippen molar-refractivity contribution in [1.29, 1.82) is 0 Å². The molecule has 51 heavy (non-hydrogen) atoms. The number of thiophene rings is 1. The molecule has 0 amide bonds. The molecule has 0 spiro atoms. The number of benzene rings is 8. The molecule has 11 rings (SSSR count). The molecular formula is C48H30N2S. The van der Waals surface area contributed by atoms with Gasteiger partial charge in [-0.15, -0.1) is 11.3 Å². The molecule has 3 heteroatoms. The Kier molecular flexibility index (Phi) is 6.16. The normalized spacial score (nSPS) is 11.9. The van der Waals surface area contributed by atoms with E-state index in [9.17, 15) is 0 Å². The molecule has 8 aromatic carbocycles. The van der Waals surface area contributed by atoms with Crippen LogP contribution in [-0.2, 0) is 0 Å². The lowest BCUT2D eigenvalue weighted by Crippen LogP contribution is -1.94. The predicted molar refractivity (Wildman–Crippen MR) is 219 cm³/mol. The zero-order valence-corrected chi connectivity index (χ0v) is 28.4. The average molecular weight is 667 g/mol. The summed E-state index contributed by atoms with van der Waals surface area (Å²) in [7, 11) is 0. The minimum atomic E-state index is 1.17. The first-order valence-electron chi connectivity index (χ1n) is 17.4. The lowest BCUT2D eigenvalue weighted by atomic mass is 10.0. The van der Waals surface area contributed by atoms with Gasteiger partial charge in [0.15, 0.2) is 0 Å². The van der Waals surface area contributed by atoms with Gasteiger partial charge in [-0.3, -0.25) is 0 Å². The molecule has 0 aliphatic carbocycles. The van der Waals surface area contributed by atoms with E-state index in [0.717, 1.165) is 0 Å². The fraction of sp³-hybridized carbons (Fsp3) is 0. The van der Waals surface area contributed by atoms with Gasteiger partial charge in [0.25, 0.3) is 0 Å². The van der Waals surface area contributed by atoms with E-state index in [1.54, 1.807) is 0 Å². The van der Waals surface area contributed by atoms with Gasteiger partial charge in [0.05, 0.1) is 22.1 Å². The first-order chi connectivity index (χ1) is 25.3.